The number of piperidine rings is 1. The van der Waals surface area contributed by atoms with Crippen LogP contribution in [-0.2, 0) is 16.6 Å². The molecular formula is C23H24ClN3O3S2. The molecule has 168 valence electrons. The van der Waals surface area contributed by atoms with E-state index in [-0.39, 0.29) is 4.90 Å². The van der Waals surface area contributed by atoms with Gasteiger partial charge in [-0.05, 0) is 61.2 Å². The van der Waals surface area contributed by atoms with Gasteiger partial charge in [-0.15, -0.1) is 6.58 Å². The summed E-state index contributed by atoms with van der Waals surface area (Å²) in [6.45, 7) is 7.40. The summed E-state index contributed by atoms with van der Waals surface area (Å²) in [4.78, 5) is 17.9. The Labute approximate surface area is 196 Å². The van der Waals surface area contributed by atoms with E-state index in [1.165, 1.54) is 39.9 Å². The normalized spacial score (nSPS) is 18.2. The molecule has 2 heterocycles. The van der Waals surface area contributed by atoms with E-state index in [1.807, 2.05) is 16.7 Å². The second-order valence-corrected chi connectivity index (χ2v) is 11.3. The van der Waals surface area contributed by atoms with E-state index in [2.05, 4.69) is 18.5 Å². The van der Waals surface area contributed by atoms with Crippen LogP contribution in [-0.4, -0.2) is 36.3 Å². The van der Waals surface area contributed by atoms with Crippen LogP contribution in [0.15, 0.2) is 65.0 Å². The van der Waals surface area contributed by atoms with Crippen molar-refractivity contribution in [1.29, 1.82) is 0 Å². The number of benzene rings is 2. The van der Waals surface area contributed by atoms with Gasteiger partial charge in [0.05, 0.1) is 15.1 Å². The van der Waals surface area contributed by atoms with Crippen molar-refractivity contribution in [3.63, 3.8) is 0 Å². The molecule has 1 amide bonds. The van der Waals surface area contributed by atoms with Crippen LogP contribution >= 0.6 is 22.9 Å². The summed E-state index contributed by atoms with van der Waals surface area (Å²) in [5.74, 6) is -0.0902. The molecule has 4 rings (SSSR count). The maximum atomic E-state index is 12.9. The van der Waals surface area contributed by atoms with Crippen LogP contribution in [0.1, 0.15) is 30.1 Å². The van der Waals surface area contributed by atoms with Crippen molar-refractivity contribution in [1.82, 2.24) is 8.87 Å². The number of amides is 1. The summed E-state index contributed by atoms with van der Waals surface area (Å²) < 4.78 is 30.2. The van der Waals surface area contributed by atoms with Gasteiger partial charge in [-0.25, -0.2) is 8.42 Å². The third-order valence-electron chi connectivity index (χ3n) is 5.51. The largest absolute Gasteiger partial charge is 0.312 e. The minimum Gasteiger partial charge on any atom is -0.312 e. The zero-order valence-corrected chi connectivity index (χ0v) is 20.1. The third-order valence-corrected chi connectivity index (χ3v) is 8.67. The molecule has 0 bridgehead atoms. The highest BCUT2D eigenvalue weighted by molar-refractivity contribution is 7.89. The van der Waals surface area contributed by atoms with E-state index in [9.17, 15) is 13.2 Å². The fourth-order valence-electron chi connectivity index (χ4n) is 3.87. The Morgan fingerprint density at radius 3 is 2.72 bits per heavy atom. The number of hydrogen-bond donors (Lipinski definition) is 0. The second kappa shape index (κ2) is 9.31. The first-order valence-corrected chi connectivity index (χ1v) is 13.0. The number of nitrogens with zero attached hydrogens (tertiary/aromatic N) is 3. The Kier molecular flexibility index (Phi) is 6.67. The number of rotatable bonds is 5. The van der Waals surface area contributed by atoms with Crippen LogP contribution in [0.2, 0.25) is 5.02 Å². The smallest absolute Gasteiger partial charge is 0.279 e. The first kappa shape index (κ1) is 22.9. The summed E-state index contributed by atoms with van der Waals surface area (Å²) in [5, 5.41) is 0.613. The van der Waals surface area contributed by atoms with Crippen molar-refractivity contribution >= 4 is 49.1 Å². The Morgan fingerprint density at radius 2 is 2.03 bits per heavy atom. The van der Waals surface area contributed by atoms with Gasteiger partial charge in [0.25, 0.3) is 5.91 Å². The van der Waals surface area contributed by atoms with Gasteiger partial charge in [0.2, 0.25) is 10.0 Å². The van der Waals surface area contributed by atoms with E-state index >= 15 is 0 Å². The lowest BCUT2D eigenvalue weighted by Crippen LogP contribution is -2.39. The number of sulfonamides is 1. The highest BCUT2D eigenvalue weighted by Crippen LogP contribution is 2.24. The quantitative estimate of drug-likeness (QED) is 0.487. The Hall–Kier alpha value is -2.26. The minimum atomic E-state index is -3.57. The second-order valence-electron chi connectivity index (χ2n) is 7.95. The first-order chi connectivity index (χ1) is 15.3. The van der Waals surface area contributed by atoms with E-state index < -0.39 is 15.9 Å². The van der Waals surface area contributed by atoms with Crippen LogP contribution in [0.25, 0.3) is 10.2 Å². The van der Waals surface area contributed by atoms with Crippen molar-refractivity contribution < 1.29 is 13.2 Å². The molecule has 9 heteroatoms. The third kappa shape index (κ3) is 4.59. The maximum absolute atomic E-state index is 12.9. The SMILES string of the molecule is C=CCn1c(=NC(=O)c2ccc(S(=O)(=O)N3CCCC(C)C3)cc2)sc2cc(Cl)ccc21. The maximum Gasteiger partial charge on any atom is 0.279 e. The minimum absolute atomic E-state index is 0.196. The van der Waals surface area contributed by atoms with Crippen LogP contribution < -0.4 is 4.80 Å². The summed E-state index contributed by atoms with van der Waals surface area (Å²) in [5.41, 5.74) is 1.25. The zero-order chi connectivity index (χ0) is 22.9. The molecule has 1 aromatic heterocycles. The number of halogens is 1. The Morgan fingerprint density at radius 1 is 1.28 bits per heavy atom. The lowest BCUT2D eigenvalue weighted by atomic mass is 10.0. The van der Waals surface area contributed by atoms with E-state index in [1.54, 1.807) is 12.1 Å². The Balaban J connectivity index is 1.64. The monoisotopic (exact) mass is 489 g/mol. The average Bonchev–Trinajstić information content (AvgIpc) is 3.10. The fraction of sp³-hybridized carbons (Fsp3) is 0.304. The molecular weight excluding hydrogens is 466 g/mol. The van der Waals surface area contributed by atoms with Gasteiger partial charge in [0.15, 0.2) is 4.80 Å². The predicted octanol–water partition coefficient (Wildman–Crippen LogP) is 4.70. The van der Waals surface area contributed by atoms with Gasteiger partial charge in [-0.3, -0.25) is 4.79 Å². The van der Waals surface area contributed by atoms with Crippen LogP contribution in [0.4, 0.5) is 0 Å². The van der Waals surface area contributed by atoms with Gasteiger partial charge in [0.1, 0.15) is 0 Å². The average molecular weight is 490 g/mol. The molecule has 0 saturated carbocycles. The summed E-state index contributed by atoms with van der Waals surface area (Å²) >= 11 is 7.47. The molecule has 0 aliphatic carbocycles. The van der Waals surface area contributed by atoms with Crippen molar-refractivity contribution in [3.05, 3.63) is 70.5 Å². The van der Waals surface area contributed by atoms with Crippen LogP contribution in [0, 0.1) is 5.92 Å². The molecule has 1 unspecified atom stereocenters. The number of aromatic nitrogens is 1. The summed E-state index contributed by atoms with van der Waals surface area (Å²) in [7, 11) is -3.57. The lowest BCUT2D eigenvalue weighted by Gasteiger charge is -2.30. The molecule has 32 heavy (non-hydrogen) atoms. The van der Waals surface area contributed by atoms with E-state index in [4.69, 9.17) is 11.6 Å². The predicted molar refractivity (Wildman–Crippen MR) is 129 cm³/mol. The van der Waals surface area contributed by atoms with Crippen LogP contribution in [0.3, 0.4) is 0 Å². The number of carbonyl (C=O) groups is 1. The molecule has 0 N–H and O–H groups in total. The molecule has 6 nitrogen and oxygen atoms in total. The lowest BCUT2D eigenvalue weighted by molar-refractivity contribution is 0.0998. The van der Waals surface area contributed by atoms with Crippen molar-refractivity contribution in [3.8, 4) is 0 Å². The fourth-order valence-corrected chi connectivity index (χ4v) is 6.78. The number of allylic oxidation sites excluding steroid dienone is 1. The van der Waals surface area contributed by atoms with Crippen molar-refractivity contribution in [2.75, 3.05) is 13.1 Å². The molecule has 1 atom stereocenters. The topological polar surface area (TPSA) is 71.7 Å². The number of fused-ring (bicyclic) bond motifs is 1. The van der Waals surface area contributed by atoms with Gasteiger partial charge >= 0.3 is 0 Å². The van der Waals surface area contributed by atoms with Crippen LogP contribution in [0.5, 0.6) is 0 Å². The van der Waals surface area contributed by atoms with E-state index in [0.29, 0.717) is 40.9 Å². The first-order valence-electron chi connectivity index (χ1n) is 10.4. The van der Waals surface area contributed by atoms with Gasteiger partial charge in [-0.2, -0.15) is 9.30 Å². The number of carbonyl (C=O) groups excluding carboxylic acids is 1. The molecule has 1 aliphatic heterocycles. The number of thiazole rings is 1. The molecule has 1 saturated heterocycles. The summed E-state index contributed by atoms with van der Waals surface area (Å²) in [6, 6.07) is 11.5. The molecule has 1 fully saturated rings. The van der Waals surface area contributed by atoms with Crippen molar-refractivity contribution in [2.45, 2.75) is 31.2 Å². The molecule has 1 aliphatic rings. The van der Waals surface area contributed by atoms with Crippen molar-refractivity contribution in [2.24, 2.45) is 10.9 Å². The standard InChI is InChI=1S/C23H24ClN3O3S2/c1-3-12-27-20-11-8-18(24)14-21(20)31-23(27)25-22(28)17-6-9-19(10-7-17)32(29,30)26-13-4-5-16(2)15-26/h3,6-11,14,16H,1,4-5,12-13,15H2,2H3. The molecule has 0 spiro atoms. The summed E-state index contributed by atoms with van der Waals surface area (Å²) in [6.07, 6.45) is 3.64. The molecule has 2 aromatic carbocycles. The highest BCUT2D eigenvalue weighted by Gasteiger charge is 2.28. The molecule has 0 radical (unpaired) electrons. The highest BCUT2D eigenvalue weighted by atomic mass is 35.5. The zero-order valence-electron chi connectivity index (χ0n) is 17.7. The molecule has 3 aromatic rings. The Bertz CT molecular complexity index is 1340. The van der Waals surface area contributed by atoms with Gasteiger partial charge in [-0.1, -0.05) is 35.9 Å². The number of hydrogen-bond acceptors (Lipinski definition) is 4. The van der Waals surface area contributed by atoms with Gasteiger partial charge < -0.3 is 4.57 Å². The van der Waals surface area contributed by atoms with Gasteiger partial charge in [0, 0.05) is 30.2 Å². The van der Waals surface area contributed by atoms with E-state index in [0.717, 1.165) is 23.1 Å².